The van der Waals surface area contributed by atoms with E-state index in [-0.39, 0.29) is 6.01 Å². The molecular weight excluding hydrogens is 323 g/mol. The molecule has 0 unspecified atom stereocenters. The molecule has 0 atom stereocenters. The molecule has 8 heteroatoms. The van der Waals surface area contributed by atoms with Gasteiger partial charge in [0, 0.05) is 13.2 Å². The van der Waals surface area contributed by atoms with E-state index >= 15 is 0 Å². The van der Waals surface area contributed by atoms with E-state index in [1.165, 1.54) is 7.11 Å². The zero-order valence-electron chi connectivity index (χ0n) is 8.68. The monoisotopic (exact) mass is 332 g/mol. The smallest absolute Gasteiger partial charge is 0.322 e. The molecule has 0 aliphatic rings. The first-order valence-corrected chi connectivity index (χ1v) is 5.49. The van der Waals surface area contributed by atoms with Gasteiger partial charge in [-0.05, 0) is 22.6 Å². The predicted molar refractivity (Wildman–Crippen MR) is 65.8 cm³/mol. The third kappa shape index (κ3) is 2.21. The molecule has 16 heavy (non-hydrogen) atoms. The summed E-state index contributed by atoms with van der Waals surface area (Å²) in [6, 6.07) is 0.250. The Morgan fingerprint density at radius 1 is 1.38 bits per heavy atom. The number of methoxy groups -OCH3 is 1. The Labute approximate surface area is 105 Å². The lowest BCUT2D eigenvalue weighted by atomic mass is 10.7. The molecule has 2 aromatic heterocycles. The summed E-state index contributed by atoms with van der Waals surface area (Å²) in [5, 5.41) is 6.94. The molecule has 0 fully saturated rings. The van der Waals surface area contributed by atoms with Crippen LogP contribution in [0.2, 0.25) is 0 Å². The summed E-state index contributed by atoms with van der Waals surface area (Å²) < 4.78 is 7.55. The number of ether oxygens (including phenoxy) is 1. The van der Waals surface area contributed by atoms with Crippen molar-refractivity contribution in [3.05, 3.63) is 16.0 Å². The van der Waals surface area contributed by atoms with E-state index in [0.29, 0.717) is 11.9 Å². The summed E-state index contributed by atoms with van der Waals surface area (Å²) in [7, 11) is 3.23. The number of aromatic nitrogens is 5. The Bertz CT molecular complexity index is 477. The lowest BCUT2D eigenvalue weighted by Crippen LogP contribution is -2.08. The number of hydrogen-bond donors (Lipinski definition) is 1. The molecule has 7 nitrogen and oxygen atoms in total. The van der Waals surface area contributed by atoms with E-state index < -0.39 is 0 Å². The Morgan fingerprint density at radius 2 is 2.19 bits per heavy atom. The molecule has 0 amide bonds. The molecule has 0 bridgehead atoms. The Morgan fingerprint density at radius 3 is 2.75 bits per heavy atom. The zero-order chi connectivity index (χ0) is 11.5. The summed E-state index contributed by atoms with van der Waals surface area (Å²) in [5.41, 5.74) is 0. The summed E-state index contributed by atoms with van der Waals surface area (Å²) in [6.45, 7) is 0. The maximum absolute atomic E-state index is 4.98. The van der Waals surface area contributed by atoms with Crippen LogP contribution in [0, 0.1) is 3.57 Å². The van der Waals surface area contributed by atoms with Crippen LogP contribution in [-0.2, 0) is 0 Å². The minimum Gasteiger partial charge on any atom is -0.467 e. The van der Waals surface area contributed by atoms with Crippen LogP contribution in [0.5, 0.6) is 6.01 Å². The molecule has 2 rings (SSSR count). The van der Waals surface area contributed by atoms with E-state index in [0.717, 1.165) is 3.57 Å². The molecule has 2 aromatic rings. The van der Waals surface area contributed by atoms with E-state index in [9.17, 15) is 0 Å². The summed E-state index contributed by atoms with van der Waals surface area (Å²) >= 11 is 2.16. The van der Waals surface area contributed by atoms with Gasteiger partial charge in [-0.2, -0.15) is 20.1 Å². The molecule has 0 aliphatic carbocycles. The second-order valence-corrected chi connectivity index (χ2v) is 4.04. The Balaban J connectivity index is 2.47. The highest BCUT2D eigenvalue weighted by Gasteiger charge is 2.08. The van der Waals surface area contributed by atoms with E-state index in [1.807, 2.05) is 6.20 Å². The normalized spacial score (nSPS) is 10.2. The van der Waals surface area contributed by atoms with Crippen molar-refractivity contribution in [3.8, 4) is 12.0 Å². The van der Waals surface area contributed by atoms with Gasteiger partial charge in [0.25, 0.3) is 5.95 Å². The third-order valence-electron chi connectivity index (χ3n) is 1.77. The fourth-order valence-corrected chi connectivity index (χ4v) is 1.45. The van der Waals surface area contributed by atoms with Crippen LogP contribution >= 0.6 is 22.6 Å². The Hall–Kier alpha value is -1.45. The van der Waals surface area contributed by atoms with E-state index in [1.54, 1.807) is 17.9 Å². The van der Waals surface area contributed by atoms with Gasteiger partial charge in [0.15, 0.2) is 0 Å². The minimum atomic E-state index is 0.250. The molecule has 0 saturated carbocycles. The largest absolute Gasteiger partial charge is 0.467 e. The first-order chi connectivity index (χ1) is 7.72. The average Bonchev–Trinajstić information content (AvgIpc) is 2.75. The molecule has 0 saturated heterocycles. The standard InChI is InChI=1S/C8H9IN6O/c1-10-6-12-7(14-8(13-6)16-2)15-4-5(9)3-11-15/h3-4H,1-2H3,(H,10,12,13,14). The van der Waals surface area contributed by atoms with Crippen LogP contribution in [0.4, 0.5) is 5.95 Å². The van der Waals surface area contributed by atoms with Crippen LogP contribution in [-0.4, -0.2) is 38.9 Å². The number of nitrogens with zero attached hydrogens (tertiary/aromatic N) is 5. The highest BCUT2D eigenvalue weighted by atomic mass is 127. The van der Waals surface area contributed by atoms with Gasteiger partial charge in [-0.15, -0.1) is 0 Å². The van der Waals surface area contributed by atoms with Crippen molar-refractivity contribution in [1.29, 1.82) is 0 Å². The molecule has 0 aliphatic heterocycles. The predicted octanol–water partition coefficient (Wildman–Crippen LogP) is 0.712. The fraction of sp³-hybridized carbons (Fsp3) is 0.250. The number of rotatable bonds is 3. The average molecular weight is 332 g/mol. The van der Waals surface area contributed by atoms with E-state index in [4.69, 9.17) is 4.74 Å². The summed E-state index contributed by atoms with van der Waals surface area (Å²) in [5.74, 6) is 0.853. The molecule has 1 N–H and O–H groups in total. The maximum Gasteiger partial charge on any atom is 0.322 e. The van der Waals surface area contributed by atoms with Crippen molar-refractivity contribution >= 4 is 28.5 Å². The zero-order valence-corrected chi connectivity index (χ0v) is 10.8. The van der Waals surface area contributed by atoms with Crippen molar-refractivity contribution in [2.75, 3.05) is 19.5 Å². The number of nitrogens with one attached hydrogen (secondary N) is 1. The van der Waals surface area contributed by atoms with Crippen LogP contribution in [0.1, 0.15) is 0 Å². The lowest BCUT2D eigenvalue weighted by molar-refractivity contribution is 0.377. The first-order valence-electron chi connectivity index (χ1n) is 4.41. The maximum atomic E-state index is 4.98. The molecule has 0 radical (unpaired) electrons. The summed E-state index contributed by atoms with van der Waals surface area (Å²) in [6.07, 6.45) is 3.53. The SMILES string of the molecule is CNc1nc(OC)nc(-n2cc(I)cn2)n1. The van der Waals surface area contributed by atoms with Gasteiger partial charge in [0.2, 0.25) is 5.95 Å². The van der Waals surface area contributed by atoms with Crippen molar-refractivity contribution < 1.29 is 4.74 Å². The van der Waals surface area contributed by atoms with Gasteiger partial charge in [-0.1, -0.05) is 0 Å². The second kappa shape index (κ2) is 4.60. The van der Waals surface area contributed by atoms with Crippen LogP contribution in [0.15, 0.2) is 12.4 Å². The van der Waals surface area contributed by atoms with Crippen LogP contribution < -0.4 is 10.1 Å². The highest BCUT2D eigenvalue weighted by molar-refractivity contribution is 14.1. The number of hydrogen-bond acceptors (Lipinski definition) is 6. The molecule has 0 spiro atoms. The van der Waals surface area contributed by atoms with Gasteiger partial charge in [0.05, 0.1) is 16.9 Å². The summed E-state index contributed by atoms with van der Waals surface area (Å²) in [4.78, 5) is 12.3. The van der Waals surface area contributed by atoms with Crippen LogP contribution in [0.25, 0.3) is 5.95 Å². The van der Waals surface area contributed by atoms with Gasteiger partial charge in [0.1, 0.15) is 0 Å². The highest BCUT2D eigenvalue weighted by Crippen LogP contribution is 2.11. The topological polar surface area (TPSA) is 77.8 Å². The molecule has 0 aromatic carbocycles. The van der Waals surface area contributed by atoms with Crippen LogP contribution in [0.3, 0.4) is 0 Å². The van der Waals surface area contributed by atoms with Gasteiger partial charge >= 0.3 is 6.01 Å². The van der Waals surface area contributed by atoms with E-state index in [2.05, 4.69) is 48.0 Å². The van der Waals surface area contributed by atoms with Crippen molar-refractivity contribution in [1.82, 2.24) is 24.7 Å². The fourth-order valence-electron chi connectivity index (χ4n) is 1.06. The third-order valence-corrected chi connectivity index (χ3v) is 2.32. The second-order valence-electron chi connectivity index (χ2n) is 2.80. The van der Waals surface area contributed by atoms with Crippen molar-refractivity contribution in [2.45, 2.75) is 0 Å². The number of anilines is 1. The van der Waals surface area contributed by atoms with Gasteiger partial charge in [-0.3, -0.25) is 0 Å². The first kappa shape index (κ1) is 11.0. The minimum absolute atomic E-state index is 0.250. The van der Waals surface area contributed by atoms with Crippen molar-refractivity contribution in [3.63, 3.8) is 0 Å². The molecule has 2 heterocycles. The van der Waals surface area contributed by atoms with Gasteiger partial charge < -0.3 is 10.1 Å². The molecule has 84 valence electrons. The number of halogens is 1. The lowest BCUT2D eigenvalue weighted by Gasteiger charge is -2.04. The van der Waals surface area contributed by atoms with Gasteiger partial charge in [-0.25, -0.2) is 4.68 Å². The molecular formula is C8H9IN6O. The van der Waals surface area contributed by atoms with Crippen molar-refractivity contribution in [2.24, 2.45) is 0 Å². The Kier molecular flexibility index (Phi) is 3.17. The quantitative estimate of drug-likeness (QED) is 0.835.